The molecule has 3 nitrogen and oxygen atoms in total. The Morgan fingerprint density at radius 2 is 2.33 bits per heavy atom. The molecule has 2 aliphatic rings. The van der Waals surface area contributed by atoms with E-state index in [1.165, 1.54) is 0 Å². The minimum absolute atomic E-state index is 0.0279. The van der Waals surface area contributed by atoms with Crippen LogP contribution in [0.25, 0.3) is 0 Å². The van der Waals surface area contributed by atoms with Crippen molar-refractivity contribution in [3.63, 3.8) is 0 Å². The Morgan fingerprint density at radius 3 is 2.89 bits per heavy atom. The summed E-state index contributed by atoms with van der Waals surface area (Å²) in [6.45, 7) is 11.7. The number of carbonyl (C=O) groups is 1. The predicted molar refractivity (Wildman–Crippen MR) is 69.8 cm³/mol. The summed E-state index contributed by atoms with van der Waals surface area (Å²) in [6, 6.07) is 0. The molecule has 0 aromatic rings. The van der Waals surface area contributed by atoms with Gasteiger partial charge >= 0.3 is 5.97 Å². The normalized spacial score (nSPS) is 35.2. The molecule has 3 unspecified atom stereocenters. The molecule has 0 aromatic carbocycles. The molecule has 18 heavy (non-hydrogen) atoms. The van der Waals surface area contributed by atoms with Gasteiger partial charge in [0.2, 0.25) is 0 Å². The Hall–Kier alpha value is -1.35. The van der Waals surface area contributed by atoms with Gasteiger partial charge in [-0.05, 0) is 42.2 Å². The highest BCUT2D eigenvalue weighted by atomic mass is 16.5. The summed E-state index contributed by atoms with van der Waals surface area (Å²) in [4.78, 5) is 11.6. The van der Waals surface area contributed by atoms with Crippen LogP contribution in [0.15, 0.2) is 36.0 Å². The van der Waals surface area contributed by atoms with E-state index in [4.69, 9.17) is 4.74 Å². The molecule has 3 heteroatoms. The molecule has 1 heterocycles. The highest BCUT2D eigenvalue weighted by molar-refractivity contribution is 5.91. The van der Waals surface area contributed by atoms with Crippen molar-refractivity contribution >= 4 is 5.97 Å². The van der Waals surface area contributed by atoms with Gasteiger partial charge < -0.3 is 9.84 Å². The van der Waals surface area contributed by atoms with E-state index in [1.807, 2.05) is 13.0 Å². The predicted octanol–water partition coefficient (Wildman–Crippen LogP) is 2.38. The topological polar surface area (TPSA) is 46.5 Å². The van der Waals surface area contributed by atoms with Crippen molar-refractivity contribution in [2.24, 2.45) is 11.3 Å². The van der Waals surface area contributed by atoms with Gasteiger partial charge in [-0.25, -0.2) is 4.79 Å². The Balaban J connectivity index is 2.37. The molecular weight excluding hydrogens is 228 g/mol. The van der Waals surface area contributed by atoms with Crippen molar-refractivity contribution in [1.29, 1.82) is 0 Å². The number of hydrogen-bond donors (Lipinski definition) is 1. The molecule has 0 saturated heterocycles. The number of aliphatic hydroxyl groups excluding tert-OH is 1. The molecule has 1 aliphatic heterocycles. The third-order valence-electron chi connectivity index (χ3n) is 4.43. The zero-order chi connectivity index (χ0) is 13.5. The third-order valence-corrected chi connectivity index (χ3v) is 4.43. The maximum absolute atomic E-state index is 11.6. The van der Waals surface area contributed by atoms with Crippen molar-refractivity contribution < 1.29 is 14.6 Å². The molecule has 1 N–H and O–H groups in total. The average Bonchev–Trinajstić information content (AvgIpc) is 2.62. The van der Waals surface area contributed by atoms with Crippen LogP contribution in [0, 0.1) is 11.3 Å². The van der Waals surface area contributed by atoms with E-state index in [0.29, 0.717) is 0 Å². The van der Waals surface area contributed by atoms with Gasteiger partial charge in [-0.3, -0.25) is 0 Å². The van der Waals surface area contributed by atoms with E-state index in [0.717, 1.165) is 29.6 Å². The van der Waals surface area contributed by atoms with E-state index in [2.05, 4.69) is 20.1 Å². The van der Waals surface area contributed by atoms with Crippen molar-refractivity contribution in [2.75, 3.05) is 6.61 Å². The van der Waals surface area contributed by atoms with Crippen LogP contribution in [-0.4, -0.2) is 23.8 Å². The molecule has 0 amide bonds. The van der Waals surface area contributed by atoms with Crippen LogP contribution in [-0.2, 0) is 9.53 Å². The zero-order valence-electron chi connectivity index (χ0n) is 11.0. The smallest absolute Gasteiger partial charge is 0.334 e. The first kappa shape index (κ1) is 13.1. The van der Waals surface area contributed by atoms with E-state index in [1.54, 1.807) is 0 Å². The maximum Gasteiger partial charge on any atom is 0.334 e. The first-order valence-corrected chi connectivity index (χ1v) is 6.25. The average molecular weight is 248 g/mol. The Bertz CT molecular complexity index is 447. The number of allylic oxidation sites excluding steroid dienone is 1. The SMILES string of the molecule is C=CC1(C)CC2OC(=O)C(C)=C2CC1C(=C)CO. The lowest BCUT2D eigenvalue weighted by molar-refractivity contribution is -0.141. The molecule has 0 spiro atoms. The number of rotatable bonds is 3. The Morgan fingerprint density at radius 1 is 1.67 bits per heavy atom. The Kier molecular flexibility index (Phi) is 3.20. The van der Waals surface area contributed by atoms with Crippen LogP contribution in [0.4, 0.5) is 0 Å². The quantitative estimate of drug-likeness (QED) is 0.616. The molecule has 2 rings (SSSR count). The number of ether oxygens (including phenoxy) is 1. The monoisotopic (exact) mass is 248 g/mol. The fraction of sp³-hybridized carbons (Fsp3) is 0.533. The number of aliphatic hydroxyl groups is 1. The van der Waals surface area contributed by atoms with Gasteiger partial charge in [0.1, 0.15) is 6.10 Å². The number of carbonyl (C=O) groups excluding carboxylic acids is 1. The summed E-state index contributed by atoms with van der Waals surface area (Å²) in [5.41, 5.74) is 2.41. The summed E-state index contributed by atoms with van der Waals surface area (Å²) in [5.74, 6) is -0.0904. The fourth-order valence-electron chi connectivity index (χ4n) is 3.05. The van der Waals surface area contributed by atoms with Crippen molar-refractivity contribution in [2.45, 2.75) is 32.8 Å². The van der Waals surface area contributed by atoms with Crippen LogP contribution in [0.1, 0.15) is 26.7 Å². The number of hydrogen-bond acceptors (Lipinski definition) is 3. The highest BCUT2D eigenvalue weighted by Crippen LogP contribution is 2.50. The second-order valence-electron chi connectivity index (χ2n) is 5.53. The van der Waals surface area contributed by atoms with Crippen molar-refractivity contribution in [1.82, 2.24) is 0 Å². The summed E-state index contributed by atoms with van der Waals surface area (Å²) >= 11 is 0. The van der Waals surface area contributed by atoms with E-state index in [-0.39, 0.29) is 30.0 Å². The summed E-state index contributed by atoms with van der Waals surface area (Å²) in [5, 5.41) is 9.33. The number of fused-ring (bicyclic) bond motifs is 1. The second kappa shape index (κ2) is 4.39. The third kappa shape index (κ3) is 1.83. The lowest BCUT2D eigenvalue weighted by Gasteiger charge is -2.43. The van der Waals surface area contributed by atoms with Gasteiger partial charge in [-0.1, -0.05) is 19.6 Å². The first-order valence-electron chi connectivity index (χ1n) is 6.25. The Labute approximate surface area is 108 Å². The van der Waals surface area contributed by atoms with Gasteiger partial charge in [0.05, 0.1) is 6.61 Å². The van der Waals surface area contributed by atoms with E-state index in [9.17, 15) is 9.90 Å². The number of esters is 1. The molecule has 1 aliphatic carbocycles. The summed E-state index contributed by atoms with van der Waals surface area (Å²) in [6.07, 6.45) is 3.22. The summed E-state index contributed by atoms with van der Waals surface area (Å²) in [7, 11) is 0. The van der Waals surface area contributed by atoms with Gasteiger partial charge in [0, 0.05) is 5.57 Å². The lowest BCUT2D eigenvalue weighted by Crippen LogP contribution is -2.38. The standard InChI is InChI=1S/C15H20O3/c1-5-15(4)7-13-11(10(3)14(17)18-13)6-12(15)9(2)8-16/h5,12-13,16H,1-2,6-8H2,3-4H3. The van der Waals surface area contributed by atoms with E-state index >= 15 is 0 Å². The zero-order valence-corrected chi connectivity index (χ0v) is 11.0. The van der Waals surface area contributed by atoms with Gasteiger partial charge in [0.15, 0.2) is 0 Å². The van der Waals surface area contributed by atoms with Crippen molar-refractivity contribution in [3.05, 3.63) is 36.0 Å². The highest BCUT2D eigenvalue weighted by Gasteiger charge is 2.46. The molecule has 98 valence electrons. The summed E-state index contributed by atoms with van der Waals surface area (Å²) < 4.78 is 5.38. The maximum atomic E-state index is 11.6. The lowest BCUT2D eigenvalue weighted by atomic mass is 9.62. The van der Waals surface area contributed by atoms with Gasteiger partial charge in [-0.2, -0.15) is 0 Å². The minimum Gasteiger partial charge on any atom is -0.454 e. The molecule has 0 radical (unpaired) electrons. The minimum atomic E-state index is -0.211. The molecule has 1 fully saturated rings. The van der Waals surface area contributed by atoms with Crippen LogP contribution >= 0.6 is 0 Å². The second-order valence-corrected chi connectivity index (χ2v) is 5.53. The van der Waals surface area contributed by atoms with Gasteiger partial charge in [0.25, 0.3) is 0 Å². The van der Waals surface area contributed by atoms with Crippen LogP contribution < -0.4 is 0 Å². The molecule has 0 aromatic heterocycles. The van der Waals surface area contributed by atoms with Crippen molar-refractivity contribution in [3.8, 4) is 0 Å². The van der Waals surface area contributed by atoms with Gasteiger partial charge in [-0.15, -0.1) is 6.58 Å². The van der Waals surface area contributed by atoms with Crippen LogP contribution in [0.2, 0.25) is 0 Å². The van der Waals surface area contributed by atoms with Crippen LogP contribution in [0.5, 0.6) is 0 Å². The molecule has 0 bridgehead atoms. The van der Waals surface area contributed by atoms with E-state index < -0.39 is 0 Å². The molecule has 3 atom stereocenters. The fourth-order valence-corrected chi connectivity index (χ4v) is 3.05. The molecular formula is C15H20O3. The largest absolute Gasteiger partial charge is 0.454 e. The first-order chi connectivity index (χ1) is 8.42. The molecule has 1 saturated carbocycles. The van der Waals surface area contributed by atoms with Crippen LogP contribution in [0.3, 0.4) is 0 Å².